The number of amides is 2. The predicted molar refractivity (Wildman–Crippen MR) is 106 cm³/mol. The van der Waals surface area contributed by atoms with Crippen molar-refractivity contribution in [2.24, 2.45) is 11.8 Å². The minimum absolute atomic E-state index is 0.0213. The highest BCUT2D eigenvalue weighted by Gasteiger charge is 2.27. The molecule has 2 aliphatic rings. The molecule has 5 nitrogen and oxygen atoms in total. The number of aromatic nitrogens is 1. The van der Waals surface area contributed by atoms with Crippen LogP contribution in [0.1, 0.15) is 69.8 Å². The van der Waals surface area contributed by atoms with E-state index < -0.39 is 0 Å². The van der Waals surface area contributed by atoms with Crippen LogP contribution in [0.2, 0.25) is 0 Å². The normalized spacial score (nSPS) is 19.0. The van der Waals surface area contributed by atoms with Gasteiger partial charge < -0.3 is 10.2 Å². The van der Waals surface area contributed by atoms with Gasteiger partial charge in [0, 0.05) is 44.4 Å². The Morgan fingerprint density at radius 1 is 1.11 bits per heavy atom. The standard InChI is InChI=1S/C22H33N3O2/c26-21(10-4-8-18-6-2-1-3-7-18)25-14-11-20(12-15-25)22(27)24-17-19-9-5-13-23-16-19/h5,9,13,16,18,20H,1-4,6-8,10-12,14-15,17H2,(H,24,27). The highest BCUT2D eigenvalue weighted by atomic mass is 16.2. The van der Waals surface area contributed by atoms with Gasteiger partial charge in [-0.2, -0.15) is 0 Å². The lowest BCUT2D eigenvalue weighted by atomic mass is 9.86. The number of piperidine rings is 1. The highest BCUT2D eigenvalue weighted by Crippen LogP contribution is 2.28. The maximum Gasteiger partial charge on any atom is 0.223 e. The van der Waals surface area contributed by atoms with Gasteiger partial charge in [0.1, 0.15) is 0 Å². The van der Waals surface area contributed by atoms with Crippen LogP contribution in [-0.4, -0.2) is 34.8 Å². The number of pyridine rings is 1. The third kappa shape index (κ3) is 6.33. The van der Waals surface area contributed by atoms with Crippen LogP contribution in [0, 0.1) is 11.8 Å². The number of hydrogen-bond acceptors (Lipinski definition) is 3. The molecule has 1 N–H and O–H groups in total. The van der Waals surface area contributed by atoms with E-state index in [0.717, 1.165) is 30.7 Å². The van der Waals surface area contributed by atoms with Crippen LogP contribution in [0.15, 0.2) is 24.5 Å². The first-order valence-electron chi connectivity index (χ1n) is 10.7. The molecule has 1 aromatic rings. The fourth-order valence-corrected chi connectivity index (χ4v) is 4.40. The summed E-state index contributed by atoms with van der Waals surface area (Å²) in [5.41, 5.74) is 1.01. The molecule has 5 heteroatoms. The second-order valence-electron chi connectivity index (χ2n) is 8.13. The van der Waals surface area contributed by atoms with E-state index in [9.17, 15) is 9.59 Å². The number of rotatable bonds is 7. The number of hydrogen-bond donors (Lipinski definition) is 1. The van der Waals surface area contributed by atoms with Gasteiger partial charge in [-0.3, -0.25) is 14.6 Å². The second kappa shape index (κ2) is 10.4. The molecule has 3 rings (SSSR count). The van der Waals surface area contributed by atoms with E-state index in [1.807, 2.05) is 17.0 Å². The van der Waals surface area contributed by atoms with E-state index in [4.69, 9.17) is 0 Å². The summed E-state index contributed by atoms with van der Waals surface area (Å²) in [6, 6.07) is 3.84. The SMILES string of the molecule is O=C(NCc1cccnc1)C1CCN(C(=O)CCCC2CCCCC2)CC1. The minimum Gasteiger partial charge on any atom is -0.352 e. The van der Waals surface area contributed by atoms with E-state index >= 15 is 0 Å². The number of carbonyl (C=O) groups is 2. The van der Waals surface area contributed by atoms with Crippen molar-refractivity contribution in [3.8, 4) is 0 Å². The van der Waals surface area contributed by atoms with Gasteiger partial charge >= 0.3 is 0 Å². The molecule has 1 aromatic heterocycles. The maximum atomic E-state index is 12.4. The van der Waals surface area contributed by atoms with Crippen molar-refractivity contribution in [1.82, 2.24) is 15.2 Å². The van der Waals surface area contributed by atoms with Crippen LogP contribution in [-0.2, 0) is 16.1 Å². The molecule has 0 spiro atoms. The van der Waals surface area contributed by atoms with Crippen molar-refractivity contribution in [3.05, 3.63) is 30.1 Å². The number of likely N-dealkylation sites (tertiary alicyclic amines) is 1. The molecule has 0 radical (unpaired) electrons. The Hall–Kier alpha value is -1.91. The predicted octanol–water partition coefficient (Wildman–Crippen LogP) is 3.69. The van der Waals surface area contributed by atoms with Gasteiger partial charge in [0.2, 0.25) is 11.8 Å². The van der Waals surface area contributed by atoms with Crippen molar-refractivity contribution in [1.29, 1.82) is 0 Å². The number of nitrogens with zero attached hydrogens (tertiary/aromatic N) is 2. The molecule has 2 heterocycles. The van der Waals surface area contributed by atoms with Crippen LogP contribution < -0.4 is 5.32 Å². The Bertz CT molecular complexity index is 591. The van der Waals surface area contributed by atoms with Crippen molar-refractivity contribution < 1.29 is 9.59 Å². The highest BCUT2D eigenvalue weighted by molar-refractivity contribution is 5.80. The van der Waals surface area contributed by atoms with E-state index in [1.165, 1.54) is 38.5 Å². The second-order valence-corrected chi connectivity index (χ2v) is 8.13. The smallest absolute Gasteiger partial charge is 0.223 e. The Morgan fingerprint density at radius 3 is 2.59 bits per heavy atom. The summed E-state index contributed by atoms with van der Waals surface area (Å²) in [5.74, 6) is 1.25. The minimum atomic E-state index is 0.0213. The monoisotopic (exact) mass is 371 g/mol. The molecule has 2 amide bonds. The van der Waals surface area contributed by atoms with Gasteiger partial charge in [-0.25, -0.2) is 0 Å². The van der Waals surface area contributed by atoms with Crippen LogP contribution in [0.25, 0.3) is 0 Å². The van der Waals surface area contributed by atoms with Gasteiger partial charge in [0.25, 0.3) is 0 Å². The number of nitrogens with one attached hydrogen (secondary N) is 1. The lowest BCUT2D eigenvalue weighted by Crippen LogP contribution is -2.42. The third-order valence-electron chi connectivity index (χ3n) is 6.14. The first-order chi connectivity index (χ1) is 13.2. The van der Waals surface area contributed by atoms with E-state index in [2.05, 4.69) is 10.3 Å². The maximum absolute atomic E-state index is 12.4. The summed E-state index contributed by atoms with van der Waals surface area (Å²) in [4.78, 5) is 30.8. The molecule has 27 heavy (non-hydrogen) atoms. The Morgan fingerprint density at radius 2 is 1.89 bits per heavy atom. The lowest BCUT2D eigenvalue weighted by Gasteiger charge is -2.31. The molecule has 1 saturated heterocycles. The van der Waals surface area contributed by atoms with Crippen molar-refractivity contribution in [2.75, 3.05) is 13.1 Å². The van der Waals surface area contributed by atoms with Gasteiger partial charge in [0.15, 0.2) is 0 Å². The molecule has 0 atom stereocenters. The summed E-state index contributed by atoms with van der Waals surface area (Å²) in [6.45, 7) is 1.95. The summed E-state index contributed by atoms with van der Waals surface area (Å²) in [7, 11) is 0. The van der Waals surface area contributed by atoms with Crippen LogP contribution in [0.5, 0.6) is 0 Å². The summed E-state index contributed by atoms with van der Waals surface area (Å²) < 4.78 is 0. The number of carbonyl (C=O) groups excluding carboxylic acids is 2. The molecule has 0 bridgehead atoms. The molecule has 1 aliphatic carbocycles. The van der Waals surface area contributed by atoms with Gasteiger partial charge in [0.05, 0.1) is 0 Å². The zero-order chi connectivity index (χ0) is 18.9. The zero-order valence-electron chi connectivity index (χ0n) is 16.4. The Balaban J connectivity index is 1.31. The molecule has 1 aliphatic heterocycles. The first-order valence-corrected chi connectivity index (χ1v) is 10.7. The van der Waals surface area contributed by atoms with Gasteiger partial charge in [-0.15, -0.1) is 0 Å². The van der Waals surface area contributed by atoms with Crippen LogP contribution in [0.3, 0.4) is 0 Å². The molecular weight excluding hydrogens is 338 g/mol. The fraction of sp³-hybridized carbons (Fsp3) is 0.682. The van der Waals surface area contributed by atoms with E-state index in [1.54, 1.807) is 12.4 Å². The fourth-order valence-electron chi connectivity index (χ4n) is 4.40. The van der Waals surface area contributed by atoms with E-state index in [0.29, 0.717) is 26.1 Å². The average Bonchev–Trinajstić information content (AvgIpc) is 2.73. The summed E-state index contributed by atoms with van der Waals surface area (Å²) >= 11 is 0. The quantitative estimate of drug-likeness (QED) is 0.795. The van der Waals surface area contributed by atoms with Crippen molar-refractivity contribution >= 4 is 11.8 Å². The van der Waals surface area contributed by atoms with Gasteiger partial charge in [-0.1, -0.05) is 38.2 Å². The molecule has 0 unspecified atom stereocenters. The average molecular weight is 372 g/mol. The first kappa shape index (κ1) is 19.8. The van der Waals surface area contributed by atoms with Crippen molar-refractivity contribution in [3.63, 3.8) is 0 Å². The summed E-state index contributed by atoms with van der Waals surface area (Å²) in [5, 5.41) is 3.00. The van der Waals surface area contributed by atoms with Gasteiger partial charge in [-0.05, 0) is 43.2 Å². The molecule has 2 fully saturated rings. The van der Waals surface area contributed by atoms with Crippen LogP contribution >= 0.6 is 0 Å². The lowest BCUT2D eigenvalue weighted by molar-refractivity contribution is -0.135. The topological polar surface area (TPSA) is 62.3 Å². The molecule has 0 aromatic carbocycles. The van der Waals surface area contributed by atoms with Crippen molar-refractivity contribution in [2.45, 2.75) is 70.8 Å². The van der Waals surface area contributed by atoms with E-state index in [-0.39, 0.29) is 17.7 Å². The molecule has 148 valence electrons. The Kier molecular flexibility index (Phi) is 7.66. The molecule has 1 saturated carbocycles. The third-order valence-corrected chi connectivity index (χ3v) is 6.14. The summed E-state index contributed by atoms with van der Waals surface area (Å²) in [6.07, 6.45) is 14.8. The largest absolute Gasteiger partial charge is 0.352 e. The molecular formula is C22H33N3O2. The Labute approximate surface area is 162 Å². The zero-order valence-corrected chi connectivity index (χ0v) is 16.4. The van der Waals surface area contributed by atoms with Crippen LogP contribution in [0.4, 0.5) is 0 Å².